The van der Waals surface area contributed by atoms with Crippen LogP contribution in [0.3, 0.4) is 0 Å². The summed E-state index contributed by atoms with van der Waals surface area (Å²) in [7, 11) is 0. The first-order chi connectivity index (χ1) is 10.2. The second-order valence-corrected chi connectivity index (χ2v) is 5.14. The highest BCUT2D eigenvalue weighted by molar-refractivity contribution is 5.88. The lowest BCUT2D eigenvalue weighted by Crippen LogP contribution is -2.12. The van der Waals surface area contributed by atoms with Crippen LogP contribution in [0.5, 0.6) is 5.75 Å². The van der Waals surface area contributed by atoms with Gasteiger partial charge >= 0.3 is 0 Å². The second-order valence-electron chi connectivity index (χ2n) is 5.14. The van der Waals surface area contributed by atoms with Crippen LogP contribution >= 0.6 is 0 Å². The van der Waals surface area contributed by atoms with Crippen molar-refractivity contribution in [3.63, 3.8) is 0 Å². The smallest absolute Gasteiger partial charge is 0.132 e. The Bertz CT molecular complexity index is 687. The van der Waals surface area contributed by atoms with E-state index in [1.807, 2.05) is 42.5 Å². The number of fused-ring (bicyclic) bond motifs is 1. The van der Waals surface area contributed by atoms with E-state index in [9.17, 15) is 9.90 Å². The highest BCUT2D eigenvalue weighted by Crippen LogP contribution is 2.40. The number of aliphatic hydroxyl groups is 1. The molecule has 0 amide bonds. The monoisotopic (exact) mass is 280 g/mol. The van der Waals surface area contributed by atoms with Gasteiger partial charge in [0.1, 0.15) is 12.0 Å². The zero-order valence-corrected chi connectivity index (χ0v) is 11.7. The van der Waals surface area contributed by atoms with Gasteiger partial charge in [0.05, 0.1) is 18.3 Å². The second kappa shape index (κ2) is 5.54. The molecule has 0 saturated heterocycles. The van der Waals surface area contributed by atoms with Gasteiger partial charge in [-0.15, -0.1) is 0 Å². The molecule has 106 valence electrons. The van der Waals surface area contributed by atoms with Crippen molar-refractivity contribution in [2.45, 2.75) is 18.9 Å². The van der Waals surface area contributed by atoms with Crippen LogP contribution in [0.25, 0.3) is 5.57 Å². The number of carbonyl (C=O) groups excluding carboxylic acids is 1. The summed E-state index contributed by atoms with van der Waals surface area (Å²) in [6, 6.07) is 15.2. The molecule has 2 atom stereocenters. The fourth-order valence-electron chi connectivity index (χ4n) is 2.57. The minimum atomic E-state index is -0.575. The lowest BCUT2D eigenvalue weighted by atomic mass is 9.85. The van der Waals surface area contributed by atoms with Crippen LogP contribution in [0.4, 0.5) is 0 Å². The fourth-order valence-corrected chi connectivity index (χ4v) is 2.57. The molecule has 1 aliphatic rings. The first-order valence-electron chi connectivity index (χ1n) is 6.90. The Morgan fingerprint density at radius 3 is 2.62 bits per heavy atom. The predicted molar refractivity (Wildman–Crippen MR) is 80.9 cm³/mol. The molecular weight excluding hydrogens is 264 g/mol. The minimum absolute atomic E-state index is 0.380. The SMILES string of the molecule is CC(O)c1ccc2c(c1)[C@H](C=O)C(c1ccccc1)=CO2. The Hall–Kier alpha value is -2.39. The maximum atomic E-state index is 11.6. The zero-order chi connectivity index (χ0) is 14.8. The Balaban J connectivity index is 2.07. The topological polar surface area (TPSA) is 46.5 Å². The maximum Gasteiger partial charge on any atom is 0.132 e. The van der Waals surface area contributed by atoms with Gasteiger partial charge in [0, 0.05) is 11.1 Å². The first-order valence-corrected chi connectivity index (χ1v) is 6.90. The van der Waals surface area contributed by atoms with E-state index in [4.69, 9.17) is 4.74 Å². The molecule has 3 nitrogen and oxygen atoms in total. The number of hydrogen-bond donors (Lipinski definition) is 1. The molecular formula is C18H16O3. The lowest BCUT2D eigenvalue weighted by molar-refractivity contribution is -0.108. The molecule has 2 aromatic carbocycles. The summed E-state index contributed by atoms with van der Waals surface area (Å²) >= 11 is 0. The van der Waals surface area contributed by atoms with Crippen molar-refractivity contribution in [1.29, 1.82) is 0 Å². The van der Waals surface area contributed by atoms with Crippen molar-refractivity contribution in [3.05, 3.63) is 71.5 Å². The van der Waals surface area contributed by atoms with E-state index in [0.29, 0.717) is 5.75 Å². The van der Waals surface area contributed by atoms with E-state index in [0.717, 1.165) is 28.5 Å². The molecule has 0 saturated carbocycles. The molecule has 1 heterocycles. The molecule has 3 heteroatoms. The van der Waals surface area contributed by atoms with Crippen LogP contribution in [-0.2, 0) is 4.79 Å². The van der Waals surface area contributed by atoms with E-state index in [1.165, 1.54) is 0 Å². The van der Waals surface area contributed by atoms with Crippen LogP contribution in [0, 0.1) is 0 Å². The normalized spacial score (nSPS) is 18.2. The van der Waals surface area contributed by atoms with E-state index < -0.39 is 6.10 Å². The summed E-state index contributed by atoms with van der Waals surface area (Å²) in [4.78, 5) is 11.6. The number of aliphatic hydroxyl groups excluding tert-OH is 1. The Labute approximate surface area is 123 Å². The molecule has 0 radical (unpaired) electrons. The number of allylic oxidation sites excluding steroid dienone is 1. The fraction of sp³-hybridized carbons (Fsp3) is 0.167. The van der Waals surface area contributed by atoms with Gasteiger partial charge in [-0.1, -0.05) is 36.4 Å². The summed E-state index contributed by atoms with van der Waals surface area (Å²) in [5.41, 5.74) is 3.37. The molecule has 1 N–H and O–H groups in total. The van der Waals surface area contributed by atoms with Crippen molar-refractivity contribution in [3.8, 4) is 5.75 Å². The third kappa shape index (κ3) is 2.48. The Morgan fingerprint density at radius 2 is 1.95 bits per heavy atom. The van der Waals surface area contributed by atoms with Gasteiger partial charge < -0.3 is 14.6 Å². The molecule has 0 bridgehead atoms. The van der Waals surface area contributed by atoms with Gasteiger partial charge in [-0.3, -0.25) is 0 Å². The molecule has 3 rings (SSSR count). The van der Waals surface area contributed by atoms with Crippen LogP contribution in [0.15, 0.2) is 54.8 Å². The molecule has 0 aliphatic carbocycles. The predicted octanol–water partition coefficient (Wildman–Crippen LogP) is 3.46. The van der Waals surface area contributed by atoms with Gasteiger partial charge in [0.25, 0.3) is 0 Å². The number of carbonyl (C=O) groups is 1. The lowest BCUT2D eigenvalue weighted by Gasteiger charge is -2.24. The molecule has 0 fully saturated rings. The Kier molecular flexibility index (Phi) is 3.59. The number of hydrogen-bond acceptors (Lipinski definition) is 3. The van der Waals surface area contributed by atoms with Crippen LogP contribution in [-0.4, -0.2) is 11.4 Å². The average Bonchev–Trinajstić information content (AvgIpc) is 2.53. The highest BCUT2D eigenvalue weighted by atomic mass is 16.5. The van der Waals surface area contributed by atoms with Crippen molar-refractivity contribution in [1.82, 2.24) is 0 Å². The Morgan fingerprint density at radius 1 is 1.19 bits per heavy atom. The number of rotatable bonds is 3. The van der Waals surface area contributed by atoms with Crippen molar-refractivity contribution in [2.75, 3.05) is 0 Å². The quantitative estimate of drug-likeness (QED) is 0.876. The molecule has 1 aliphatic heterocycles. The first kappa shape index (κ1) is 13.6. The van der Waals surface area contributed by atoms with Gasteiger partial charge in [-0.05, 0) is 30.2 Å². The van der Waals surface area contributed by atoms with Gasteiger partial charge in [-0.25, -0.2) is 0 Å². The van der Waals surface area contributed by atoms with Crippen molar-refractivity contribution >= 4 is 11.9 Å². The largest absolute Gasteiger partial charge is 0.464 e. The summed E-state index contributed by atoms with van der Waals surface area (Å²) < 4.78 is 5.65. The standard InChI is InChI=1S/C18H16O3/c1-12(20)14-7-8-18-15(9-14)16(10-19)17(11-21-18)13-5-3-2-4-6-13/h2-12,16,20H,1H3/t12?,16-/m0/s1. The van der Waals surface area contributed by atoms with E-state index in [1.54, 1.807) is 19.3 Å². The third-order valence-corrected chi connectivity index (χ3v) is 3.74. The highest BCUT2D eigenvalue weighted by Gasteiger charge is 2.26. The summed E-state index contributed by atoms with van der Waals surface area (Å²) in [5, 5.41) is 9.72. The zero-order valence-electron chi connectivity index (χ0n) is 11.7. The molecule has 1 unspecified atom stereocenters. The number of ether oxygens (including phenoxy) is 1. The third-order valence-electron chi connectivity index (χ3n) is 3.74. The van der Waals surface area contributed by atoms with Crippen LogP contribution in [0.1, 0.15) is 35.6 Å². The van der Waals surface area contributed by atoms with Crippen molar-refractivity contribution in [2.24, 2.45) is 0 Å². The molecule has 21 heavy (non-hydrogen) atoms. The van der Waals surface area contributed by atoms with E-state index >= 15 is 0 Å². The number of benzene rings is 2. The van der Waals surface area contributed by atoms with Gasteiger partial charge in [0.2, 0.25) is 0 Å². The number of aldehydes is 1. The summed E-state index contributed by atoms with van der Waals surface area (Å²) in [6.07, 6.45) is 1.99. The maximum absolute atomic E-state index is 11.6. The molecule has 2 aromatic rings. The summed E-state index contributed by atoms with van der Waals surface area (Å²) in [6.45, 7) is 1.70. The van der Waals surface area contributed by atoms with Crippen molar-refractivity contribution < 1.29 is 14.6 Å². The molecule has 0 spiro atoms. The van der Waals surface area contributed by atoms with Gasteiger partial charge in [-0.2, -0.15) is 0 Å². The minimum Gasteiger partial charge on any atom is -0.464 e. The molecule has 0 aromatic heterocycles. The van der Waals surface area contributed by atoms with Crippen LogP contribution < -0.4 is 4.74 Å². The average molecular weight is 280 g/mol. The summed E-state index contributed by atoms with van der Waals surface area (Å²) in [5.74, 6) is 0.283. The van der Waals surface area contributed by atoms with Crippen LogP contribution in [0.2, 0.25) is 0 Å². The van der Waals surface area contributed by atoms with E-state index in [-0.39, 0.29) is 5.92 Å². The van der Waals surface area contributed by atoms with E-state index in [2.05, 4.69) is 0 Å². The van der Waals surface area contributed by atoms with Gasteiger partial charge in [0.15, 0.2) is 0 Å².